The van der Waals surface area contributed by atoms with Crippen LogP contribution in [0, 0.1) is 5.41 Å². The van der Waals surface area contributed by atoms with Crippen molar-refractivity contribution in [2.45, 2.75) is 5.03 Å². The smallest absolute Gasteiger partial charge is 0.148 e. The van der Waals surface area contributed by atoms with Gasteiger partial charge in [0.05, 0.1) is 5.75 Å². The van der Waals surface area contributed by atoms with Crippen molar-refractivity contribution in [1.82, 2.24) is 4.98 Å². The summed E-state index contributed by atoms with van der Waals surface area (Å²) in [5.74, 6) is 0.441. The Kier molecular flexibility index (Phi) is 4.31. The number of pyridine rings is 1. The number of hydrogen-bond acceptors (Lipinski definition) is 5. The second-order valence-corrected chi connectivity index (χ2v) is 6.59. The maximum Gasteiger partial charge on any atom is 0.148 e. The molecule has 0 atom stereocenters. The van der Waals surface area contributed by atoms with Gasteiger partial charge in [-0.15, -0.1) is 11.8 Å². The largest absolute Gasteiger partial charge is 0.384 e. The summed E-state index contributed by atoms with van der Waals surface area (Å²) in [5, 5.41) is 7.94. The topological polar surface area (TPSA) is 96.9 Å². The maximum absolute atomic E-state index is 10.9. The Labute approximate surface area is 98.9 Å². The third-order valence-electron chi connectivity index (χ3n) is 1.75. The lowest BCUT2D eigenvalue weighted by molar-refractivity contribution is 0.603. The number of nitrogens with two attached hydrogens (primary N) is 1. The van der Waals surface area contributed by atoms with Crippen molar-refractivity contribution >= 4 is 27.4 Å². The van der Waals surface area contributed by atoms with Gasteiger partial charge in [-0.3, -0.25) is 5.41 Å². The summed E-state index contributed by atoms with van der Waals surface area (Å²) >= 11 is 1.29. The van der Waals surface area contributed by atoms with Crippen LogP contribution in [-0.2, 0) is 9.84 Å². The summed E-state index contributed by atoms with van der Waals surface area (Å²) in [6.45, 7) is 0. The number of nitrogens with one attached hydrogen (secondary N) is 1. The van der Waals surface area contributed by atoms with Gasteiger partial charge in [-0.05, 0) is 12.1 Å². The van der Waals surface area contributed by atoms with Gasteiger partial charge >= 0.3 is 0 Å². The highest BCUT2D eigenvalue weighted by molar-refractivity contribution is 8.00. The molecule has 0 bridgehead atoms. The molecule has 7 heteroatoms. The summed E-state index contributed by atoms with van der Waals surface area (Å²) in [7, 11) is -2.96. The van der Waals surface area contributed by atoms with Crippen LogP contribution in [0.5, 0.6) is 0 Å². The molecular formula is C9H13N3O2S2. The van der Waals surface area contributed by atoms with Crippen molar-refractivity contribution in [2.75, 3.05) is 17.8 Å². The second-order valence-electron chi connectivity index (χ2n) is 3.25. The van der Waals surface area contributed by atoms with E-state index in [1.165, 1.54) is 18.0 Å². The average molecular weight is 259 g/mol. The van der Waals surface area contributed by atoms with E-state index in [0.29, 0.717) is 16.3 Å². The van der Waals surface area contributed by atoms with Gasteiger partial charge in [-0.1, -0.05) is 0 Å². The van der Waals surface area contributed by atoms with Gasteiger partial charge < -0.3 is 5.73 Å². The monoisotopic (exact) mass is 259 g/mol. The van der Waals surface area contributed by atoms with E-state index in [9.17, 15) is 8.42 Å². The Morgan fingerprint density at radius 2 is 2.31 bits per heavy atom. The zero-order valence-electron chi connectivity index (χ0n) is 8.80. The van der Waals surface area contributed by atoms with Crippen LogP contribution in [0.4, 0.5) is 0 Å². The van der Waals surface area contributed by atoms with Crippen LogP contribution >= 0.6 is 11.8 Å². The number of nitrogen functional groups attached to an aromatic ring is 1. The third-order valence-corrected chi connectivity index (χ3v) is 3.97. The zero-order chi connectivity index (χ0) is 12.2. The van der Waals surface area contributed by atoms with Crippen molar-refractivity contribution < 1.29 is 8.42 Å². The third kappa shape index (κ3) is 4.19. The van der Waals surface area contributed by atoms with E-state index in [-0.39, 0.29) is 11.6 Å². The highest BCUT2D eigenvalue weighted by Crippen LogP contribution is 2.19. The molecule has 0 spiro atoms. The summed E-state index contributed by atoms with van der Waals surface area (Å²) in [6, 6.07) is 3.38. The van der Waals surface area contributed by atoms with E-state index in [1.807, 2.05) is 0 Å². The number of aromatic nitrogens is 1. The lowest BCUT2D eigenvalue weighted by Gasteiger charge is -2.05. The Bertz CT molecular complexity index is 485. The molecule has 0 aliphatic carbocycles. The number of amidine groups is 1. The molecule has 0 unspecified atom stereocenters. The Morgan fingerprint density at radius 1 is 1.62 bits per heavy atom. The van der Waals surface area contributed by atoms with Gasteiger partial charge in [0.2, 0.25) is 0 Å². The summed E-state index contributed by atoms with van der Waals surface area (Å²) in [5.41, 5.74) is 5.93. The molecule has 88 valence electrons. The second kappa shape index (κ2) is 5.31. The molecule has 0 saturated carbocycles. The van der Waals surface area contributed by atoms with E-state index < -0.39 is 9.84 Å². The molecule has 16 heavy (non-hydrogen) atoms. The minimum Gasteiger partial charge on any atom is -0.384 e. The van der Waals surface area contributed by atoms with Gasteiger partial charge in [0.25, 0.3) is 0 Å². The molecule has 1 aromatic heterocycles. The lowest BCUT2D eigenvalue weighted by Crippen LogP contribution is -2.13. The van der Waals surface area contributed by atoms with Crippen LogP contribution in [0.1, 0.15) is 5.56 Å². The van der Waals surface area contributed by atoms with Crippen molar-refractivity contribution in [1.29, 1.82) is 5.41 Å². The molecule has 1 aromatic rings. The predicted octanol–water partition coefficient (Wildman–Crippen LogP) is 0.502. The van der Waals surface area contributed by atoms with Crippen molar-refractivity contribution in [3.8, 4) is 0 Å². The summed E-state index contributed by atoms with van der Waals surface area (Å²) in [4.78, 5) is 4.07. The lowest BCUT2D eigenvalue weighted by atomic mass is 10.3. The van der Waals surface area contributed by atoms with E-state index >= 15 is 0 Å². The van der Waals surface area contributed by atoms with Crippen LogP contribution < -0.4 is 5.73 Å². The van der Waals surface area contributed by atoms with E-state index in [0.717, 1.165) is 0 Å². The first-order chi connectivity index (χ1) is 7.40. The Morgan fingerprint density at radius 3 is 2.88 bits per heavy atom. The normalized spacial score (nSPS) is 11.3. The minimum atomic E-state index is -2.96. The highest BCUT2D eigenvalue weighted by Gasteiger charge is 2.08. The molecule has 3 N–H and O–H groups in total. The fraction of sp³-hybridized carbons (Fsp3) is 0.333. The number of thioether (sulfide) groups is 1. The van der Waals surface area contributed by atoms with E-state index in [1.54, 1.807) is 18.3 Å². The first-order valence-corrected chi connectivity index (χ1v) is 7.54. The molecular weight excluding hydrogens is 246 g/mol. The molecule has 0 fully saturated rings. The number of rotatable bonds is 5. The van der Waals surface area contributed by atoms with Gasteiger partial charge in [0, 0.05) is 23.8 Å². The van der Waals surface area contributed by atoms with Crippen LogP contribution in [0.15, 0.2) is 23.4 Å². The first kappa shape index (κ1) is 13.0. The maximum atomic E-state index is 10.9. The summed E-state index contributed by atoms with van der Waals surface area (Å²) < 4.78 is 21.9. The molecule has 0 saturated heterocycles. The van der Waals surface area contributed by atoms with Crippen LogP contribution in [0.2, 0.25) is 0 Å². The van der Waals surface area contributed by atoms with Crippen molar-refractivity contribution in [3.05, 3.63) is 23.9 Å². The fourth-order valence-electron chi connectivity index (χ4n) is 1.00. The molecule has 5 nitrogen and oxygen atoms in total. The average Bonchev–Trinajstić information content (AvgIpc) is 2.16. The number of hydrogen-bond donors (Lipinski definition) is 2. The number of sulfone groups is 1. The Balaban J connectivity index is 2.71. The van der Waals surface area contributed by atoms with Crippen molar-refractivity contribution in [3.63, 3.8) is 0 Å². The molecule has 0 aromatic carbocycles. The quantitative estimate of drug-likeness (QED) is 0.456. The van der Waals surface area contributed by atoms with E-state index in [4.69, 9.17) is 11.1 Å². The van der Waals surface area contributed by atoms with Gasteiger partial charge in [-0.25, -0.2) is 13.4 Å². The summed E-state index contributed by atoms with van der Waals surface area (Å²) in [6.07, 6.45) is 2.78. The molecule has 1 rings (SSSR count). The van der Waals surface area contributed by atoms with Crippen LogP contribution in [-0.4, -0.2) is 37.0 Å². The number of nitrogens with zero attached hydrogens (tertiary/aromatic N) is 1. The predicted molar refractivity (Wildman–Crippen MR) is 65.7 cm³/mol. The zero-order valence-corrected chi connectivity index (χ0v) is 10.4. The van der Waals surface area contributed by atoms with E-state index in [2.05, 4.69) is 4.98 Å². The van der Waals surface area contributed by atoms with Crippen LogP contribution in [0.25, 0.3) is 0 Å². The minimum absolute atomic E-state index is 0.0602. The standard InChI is InChI=1S/C9H13N3O2S2/c1-16(13,14)6-5-15-9-7(8(10)11)3-2-4-12-9/h2-4H,5-6H2,1H3,(H3,10,11). The molecule has 0 aliphatic heterocycles. The molecule has 0 radical (unpaired) electrons. The first-order valence-electron chi connectivity index (χ1n) is 4.50. The highest BCUT2D eigenvalue weighted by atomic mass is 32.2. The molecule has 0 amide bonds. The Hall–Kier alpha value is -1.08. The molecule has 1 heterocycles. The fourth-order valence-corrected chi connectivity index (χ4v) is 3.21. The van der Waals surface area contributed by atoms with Gasteiger partial charge in [0.15, 0.2) is 0 Å². The SMILES string of the molecule is CS(=O)(=O)CCSc1ncccc1C(=N)N. The van der Waals surface area contributed by atoms with Crippen LogP contribution in [0.3, 0.4) is 0 Å². The molecule has 0 aliphatic rings. The van der Waals surface area contributed by atoms with Gasteiger partial charge in [0.1, 0.15) is 20.7 Å². The van der Waals surface area contributed by atoms with Gasteiger partial charge in [-0.2, -0.15) is 0 Å². The van der Waals surface area contributed by atoms with Crippen molar-refractivity contribution in [2.24, 2.45) is 5.73 Å².